The number of hydrogen-bond donors (Lipinski definition) is 1. The molecule has 0 spiro atoms. The summed E-state index contributed by atoms with van der Waals surface area (Å²) in [4.78, 5) is 0. The predicted octanol–water partition coefficient (Wildman–Crippen LogP) is 1.84. The van der Waals surface area contributed by atoms with Gasteiger partial charge < -0.3 is 10.5 Å². The summed E-state index contributed by atoms with van der Waals surface area (Å²) in [6.45, 7) is 1.90. The van der Waals surface area contributed by atoms with Gasteiger partial charge in [-0.2, -0.15) is 13.2 Å². The van der Waals surface area contributed by atoms with Gasteiger partial charge in [-0.1, -0.05) is 6.92 Å². The number of ether oxygens (including phenoxy) is 1. The molecule has 2 unspecified atom stereocenters. The third-order valence-electron chi connectivity index (χ3n) is 2.51. The van der Waals surface area contributed by atoms with Gasteiger partial charge in [0.2, 0.25) is 0 Å². The Hall–Kier alpha value is -0.290. The molecule has 1 fully saturated rings. The molecule has 13 heavy (non-hydrogen) atoms. The Kier molecular flexibility index (Phi) is 2.87. The maximum Gasteiger partial charge on any atom is 0.406 e. The molecule has 1 heterocycles. The Morgan fingerprint density at radius 2 is 2.15 bits per heavy atom. The zero-order chi connectivity index (χ0) is 10.1. The second-order valence-corrected chi connectivity index (χ2v) is 3.51. The van der Waals surface area contributed by atoms with Crippen LogP contribution in [-0.2, 0) is 4.74 Å². The van der Waals surface area contributed by atoms with Gasteiger partial charge in [-0.3, -0.25) is 0 Å². The third kappa shape index (κ3) is 2.14. The molecular formula is C8H14F3NO. The molecule has 1 rings (SSSR count). The van der Waals surface area contributed by atoms with Gasteiger partial charge in [0.25, 0.3) is 0 Å². The first kappa shape index (κ1) is 10.8. The van der Waals surface area contributed by atoms with E-state index in [4.69, 9.17) is 10.5 Å². The highest BCUT2D eigenvalue weighted by molar-refractivity contribution is 4.96. The molecule has 0 amide bonds. The summed E-state index contributed by atoms with van der Waals surface area (Å²) in [6, 6.07) is 0. The van der Waals surface area contributed by atoms with Crippen LogP contribution in [0.15, 0.2) is 0 Å². The molecule has 0 bridgehead atoms. The van der Waals surface area contributed by atoms with Crippen LogP contribution in [-0.4, -0.2) is 24.4 Å². The lowest BCUT2D eigenvalue weighted by Crippen LogP contribution is -2.58. The van der Waals surface area contributed by atoms with Gasteiger partial charge in [0.1, 0.15) is 5.54 Å². The first-order valence-electron chi connectivity index (χ1n) is 4.36. The number of alkyl halides is 3. The van der Waals surface area contributed by atoms with E-state index in [-0.39, 0.29) is 25.6 Å². The van der Waals surface area contributed by atoms with E-state index in [9.17, 15) is 13.2 Å². The maximum absolute atomic E-state index is 12.5. The summed E-state index contributed by atoms with van der Waals surface area (Å²) in [6.07, 6.45) is -4.33. The Balaban J connectivity index is 2.68. The average Bonchev–Trinajstić information content (AvgIpc) is 2.02. The molecule has 5 heteroatoms. The van der Waals surface area contributed by atoms with Crippen LogP contribution in [0.3, 0.4) is 0 Å². The molecule has 0 saturated carbocycles. The van der Waals surface area contributed by atoms with E-state index in [0.29, 0.717) is 6.42 Å². The predicted molar refractivity (Wildman–Crippen MR) is 42.2 cm³/mol. The molecule has 2 N–H and O–H groups in total. The van der Waals surface area contributed by atoms with Gasteiger partial charge >= 0.3 is 6.18 Å². The van der Waals surface area contributed by atoms with E-state index in [2.05, 4.69) is 0 Å². The van der Waals surface area contributed by atoms with Gasteiger partial charge in [-0.05, 0) is 12.8 Å². The van der Waals surface area contributed by atoms with Crippen molar-refractivity contribution in [3.05, 3.63) is 0 Å². The highest BCUT2D eigenvalue weighted by Crippen LogP contribution is 2.38. The van der Waals surface area contributed by atoms with E-state index in [1.54, 1.807) is 6.92 Å². The summed E-state index contributed by atoms with van der Waals surface area (Å²) in [7, 11) is 0. The Bertz CT molecular complexity index is 183. The van der Waals surface area contributed by atoms with Crippen LogP contribution >= 0.6 is 0 Å². The fourth-order valence-electron chi connectivity index (χ4n) is 1.49. The number of rotatable bonds is 1. The highest BCUT2D eigenvalue weighted by atomic mass is 19.4. The summed E-state index contributed by atoms with van der Waals surface area (Å²) < 4.78 is 42.5. The minimum Gasteiger partial charge on any atom is -0.378 e. The third-order valence-corrected chi connectivity index (χ3v) is 2.51. The summed E-state index contributed by atoms with van der Waals surface area (Å²) in [5.74, 6) is 0. The van der Waals surface area contributed by atoms with Gasteiger partial charge in [0.05, 0.1) is 6.10 Å². The first-order chi connectivity index (χ1) is 5.89. The minimum atomic E-state index is -4.32. The monoisotopic (exact) mass is 197 g/mol. The molecule has 2 nitrogen and oxygen atoms in total. The Morgan fingerprint density at radius 1 is 1.54 bits per heavy atom. The van der Waals surface area contributed by atoms with Crippen molar-refractivity contribution < 1.29 is 17.9 Å². The smallest absolute Gasteiger partial charge is 0.378 e. The van der Waals surface area contributed by atoms with Crippen molar-refractivity contribution in [3.8, 4) is 0 Å². The van der Waals surface area contributed by atoms with Crippen molar-refractivity contribution in [2.45, 2.75) is 44.0 Å². The van der Waals surface area contributed by atoms with Gasteiger partial charge in [-0.25, -0.2) is 0 Å². The Labute approximate surface area is 75.2 Å². The molecule has 0 aliphatic carbocycles. The SMILES string of the molecule is CCC1CC(N)(C(F)(F)F)CCO1. The lowest BCUT2D eigenvalue weighted by Gasteiger charge is -2.38. The van der Waals surface area contributed by atoms with Crippen LogP contribution in [0.25, 0.3) is 0 Å². The quantitative estimate of drug-likeness (QED) is 0.696. The zero-order valence-corrected chi connectivity index (χ0v) is 7.53. The summed E-state index contributed by atoms with van der Waals surface area (Å²) in [5.41, 5.74) is 3.26. The number of nitrogens with two attached hydrogens (primary N) is 1. The second kappa shape index (κ2) is 3.46. The van der Waals surface area contributed by atoms with E-state index in [1.165, 1.54) is 0 Å². The van der Waals surface area contributed by atoms with Crippen LogP contribution in [0.1, 0.15) is 26.2 Å². The van der Waals surface area contributed by atoms with Crippen molar-refractivity contribution in [1.82, 2.24) is 0 Å². The van der Waals surface area contributed by atoms with Crippen LogP contribution < -0.4 is 5.73 Å². The topological polar surface area (TPSA) is 35.2 Å². The largest absolute Gasteiger partial charge is 0.406 e. The van der Waals surface area contributed by atoms with E-state index in [1.807, 2.05) is 0 Å². The molecule has 1 aliphatic rings. The fourth-order valence-corrected chi connectivity index (χ4v) is 1.49. The van der Waals surface area contributed by atoms with E-state index >= 15 is 0 Å². The summed E-state index contributed by atoms with van der Waals surface area (Å²) >= 11 is 0. The van der Waals surface area contributed by atoms with Crippen LogP contribution in [0.4, 0.5) is 13.2 Å². The Morgan fingerprint density at radius 3 is 2.62 bits per heavy atom. The highest BCUT2D eigenvalue weighted by Gasteiger charge is 2.53. The molecule has 78 valence electrons. The molecular weight excluding hydrogens is 183 g/mol. The number of halogens is 3. The zero-order valence-electron chi connectivity index (χ0n) is 7.53. The molecule has 1 aliphatic heterocycles. The summed E-state index contributed by atoms with van der Waals surface area (Å²) in [5, 5.41) is 0. The lowest BCUT2D eigenvalue weighted by molar-refractivity contribution is -0.214. The van der Waals surface area contributed by atoms with Gasteiger partial charge in [0.15, 0.2) is 0 Å². The first-order valence-corrected chi connectivity index (χ1v) is 4.36. The normalized spacial score (nSPS) is 36.2. The van der Waals surface area contributed by atoms with Gasteiger partial charge in [-0.15, -0.1) is 0 Å². The van der Waals surface area contributed by atoms with Crippen molar-refractivity contribution in [3.63, 3.8) is 0 Å². The van der Waals surface area contributed by atoms with Crippen molar-refractivity contribution in [2.75, 3.05) is 6.61 Å². The van der Waals surface area contributed by atoms with Gasteiger partial charge in [0, 0.05) is 13.0 Å². The van der Waals surface area contributed by atoms with Crippen molar-refractivity contribution in [2.24, 2.45) is 5.73 Å². The van der Waals surface area contributed by atoms with Crippen molar-refractivity contribution in [1.29, 1.82) is 0 Å². The van der Waals surface area contributed by atoms with E-state index in [0.717, 1.165) is 0 Å². The lowest BCUT2D eigenvalue weighted by atomic mass is 9.86. The minimum absolute atomic E-state index is 0.106. The number of hydrogen-bond acceptors (Lipinski definition) is 2. The molecule has 0 aromatic carbocycles. The standard InChI is InChI=1S/C8H14F3NO/c1-2-6-5-7(12,3-4-13-6)8(9,10)11/h6H,2-5,12H2,1H3. The van der Waals surface area contributed by atoms with Crippen LogP contribution in [0.5, 0.6) is 0 Å². The molecule has 0 aromatic heterocycles. The average molecular weight is 197 g/mol. The van der Waals surface area contributed by atoms with Crippen molar-refractivity contribution >= 4 is 0 Å². The molecule has 1 saturated heterocycles. The van der Waals surface area contributed by atoms with Crippen LogP contribution in [0.2, 0.25) is 0 Å². The fraction of sp³-hybridized carbons (Fsp3) is 1.00. The van der Waals surface area contributed by atoms with Crippen LogP contribution in [0, 0.1) is 0 Å². The molecule has 0 radical (unpaired) electrons. The maximum atomic E-state index is 12.5. The second-order valence-electron chi connectivity index (χ2n) is 3.51. The van der Waals surface area contributed by atoms with E-state index < -0.39 is 11.7 Å². The molecule has 2 atom stereocenters. The molecule has 0 aromatic rings.